The van der Waals surface area contributed by atoms with Crippen molar-refractivity contribution < 1.29 is 14.7 Å². The van der Waals surface area contributed by atoms with Gasteiger partial charge in [0.05, 0.1) is 12.5 Å². The van der Waals surface area contributed by atoms with E-state index in [4.69, 9.17) is 5.11 Å². The van der Waals surface area contributed by atoms with Gasteiger partial charge in [0.25, 0.3) is 0 Å². The van der Waals surface area contributed by atoms with E-state index in [1.54, 1.807) is 11.8 Å². The zero-order chi connectivity index (χ0) is 17.1. The minimum absolute atomic E-state index is 0.0240. The van der Waals surface area contributed by atoms with Crippen molar-refractivity contribution in [1.29, 1.82) is 0 Å². The number of piperidine rings is 1. The standard InChI is InChI=1S/C18H24N2O3S/c1-2-19(11-17(21)22)13-7-9-20(10-8-13)18(23)15-12-24-16-6-4-3-5-14(15)16/h3-6,13,15H,2,7-12H2,1H3,(H,21,22). The minimum Gasteiger partial charge on any atom is -0.480 e. The fraction of sp³-hybridized carbons (Fsp3) is 0.556. The highest BCUT2D eigenvalue weighted by Crippen LogP contribution is 2.40. The molecule has 1 fully saturated rings. The molecule has 1 atom stereocenters. The number of carbonyl (C=O) groups excluding carboxylic acids is 1. The lowest BCUT2D eigenvalue weighted by atomic mass is 9.97. The molecular formula is C18H24N2O3S. The van der Waals surface area contributed by atoms with E-state index in [1.165, 1.54) is 4.90 Å². The van der Waals surface area contributed by atoms with Crippen molar-refractivity contribution in [3.8, 4) is 0 Å². The van der Waals surface area contributed by atoms with Gasteiger partial charge in [0.1, 0.15) is 0 Å². The van der Waals surface area contributed by atoms with Gasteiger partial charge in [-0.2, -0.15) is 0 Å². The molecule has 1 amide bonds. The summed E-state index contributed by atoms with van der Waals surface area (Å²) < 4.78 is 0. The molecule has 2 aliphatic heterocycles. The number of thioether (sulfide) groups is 1. The number of carboxylic acids is 1. The summed E-state index contributed by atoms with van der Waals surface area (Å²) in [7, 11) is 0. The number of carboxylic acid groups (broad SMARTS) is 1. The van der Waals surface area contributed by atoms with E-state index in [2.05, 4.69) is 12.1 Å². The van der Waals surface area contributed by atoms with Crippen LogP contribution in [0.5, 0.6) is 0 Å². The topological polar surface area (TPSA) is 60.9 Å². The predicted molar refractivity (Wildman–Crippen MR) is 94.4 cm³/mol. The van der Waals surface area contributed by atoms with Gasteiger partial charge in [-0.25, -0.2) is 0 Å². The molecule has 3 rings (SSSR count). The maximum Gasteiger partial charge on any atom is 0.317 e. The molecule has 130 valence electrons. The minimum atomic E-state index is -0.782. The van der Waals surface area contributed by atoms with Gasteiger partial charge >= 0.3 is 5.97 Å². The number of likely N-dealkylation sites (tertiary alicyclic amines) is 1. The largest absolute Gasteiger partial charge is 0.480 e. The Morgan fingerprint density at radius 1 is 1.29 bits per heavy atom. The Morgan fingerprint density at radius 3 is 2.67 bits per heavy atom. The highest BCUT2D eigenvalue weighted by Gasteiger charge is 2.34. The summed E-state index contributed by atoms with van der Waals surface area (Å²) >= 11 is 1.76. The summed E-state index contributed by atoms with van der Waals surface area (Å²) in [6.07, 6.45) is 1.71. The van der Waals surface area contributed by atoms with E-state index in [0.29, 0.717) is 0 Å². The number of fused-ring (bicyclic) bond motifs is 1. The first-order chi connectivity index (χ1) is 11.6. The molecule has 24 heavy (non-hydrogen) atoms. The predicted octanol–water partition coefficient (Wildman–Crippen LogP) is 2.27. The lowest BCUT2D eigenvalue weighted by molar-refractivity contribution is -0.140. The van der Waals surface area contributed by atoms with Crippen LogP contribution in [0.25, 0.3) is 0 Å². The first-order valence-electron chi connectivity index (χ1n) is 8.56. The number of likely N-dealkylation sites (N-methyl/N-ethyl adjacent to an activating group) is 1. The second-order valence-corrected chi connectivity index (χ2v) is 7.48. The van der Waals surface area contributed by atoms with E-state index in [9.17, 15) is 9.59 Å². The van der Waals surface area contributed by atoms with E-state index in [0.717, 1.165) is 43.8 Å². The number of carbonyl (C=O) groups is 2. The number of amides is 1. The summed E-state index contributed by atoms with van der Waals surface area (Å²) in [6.45, 7) is 4.26. The van der Waals surface area contributed by atoms with E-state index in [-0.39, 0.29) is 24.4 Å². The third kappa shape index (κ3) is 3.59. The molecule has 0 aromatic heterocycles. The highest BCUT2D eigenvalue weighted by molar-refractivity contribution is 7.99. The van der Waals surface area contributed by atoms with E-state index < -0.39 is 5.97 Å². The molecule has 0 saturated carbocycles. The normalized spacial score (nSPS) is 21.1. The van der Waals surface area contributed by atoms with Crippen molar-refractivity contribution in [2.75, 3.05) is 31.9 Å². The molecule has 6 heteroatoms. The Balaban J connectivity index is 1.59. The van der Waals surface area contributed by atoms with Crippen LogP contribution in [-0.2, 0) is 9.59 Å². The van der Waals surface area contributed by atoms with Gasteiger partial charge in [-0.1, -0.05) is 25.1 Å². The summed E-state index contributed by atoms with van der Waals surface area (Å²) in [5.41, 5.74) is 1.16. The van der Waals surface area contributed by atoms with Crippen molar-refractivity contribution in [2.45, 2.75) is 36.6 Å². The fourth-order valence-electron chi connectivity index (χ4n) is 3.71. The molecule has 0 radical (unpaired) electrons. The van der Waals surface area contributed by atoms with Crippen molar-refractivity contribution in [2.24, 2.45) is 0 Å². The molecule has 1 unspecified atom stereocenters. The molecule has 2 aliphatic rings. The van der Waals surface area contributed by atoms with E-state index >= 15 is 0 Å². The maximum atomic E-state index is 12.9. The molecule has 0 bridgehead atoms. The fourth-order valence-corrected chi connectivity index (χ4v) is 4.93. The van der Waals surface area contributed by atoms with Gasteiger partial charge in [0.2, 0.25) is 5.91 Å². The maximum absolute atomic E-state index is 12.9. The number of hydrogen-bond donors (Lipinski definition) is 1. The third-order valence-corrected chi connectivity index (χ3v) is 6.22. The average molecular weight is 348 g/mol. The lowest BCUT2D eigenvalue weighted by Gasteiger charge is -2.38. The number of aliphatic carboxylic acids is 1. The van der Waals surface area contributed by atoms with Crippen LogP contribution in [0.3, 0.4) is 0 Å². The number of benzene rings is 1. The van der Waals surface area contributed by atoms with Crippen molar-refractivity contribution >= 4 is 23.6 Å². The van der Waals surface area contributed by atoms with Crippen LogP contribution in [0.2, 0.25) is 0 Å². The van der Waals surface area contributed by atoms with Crippen LogP contribution < -0.4 is 0 Å². The van der Waals surface area contributed by atoms with Crippen LogP contribution in [0.4, 0.5) is 0 Å². The summed E-state index contributed by atoms with van der Waals surface area (Å²) in [5.74, 6) is 0.254. The molecule has 0 aliphatic carbocycles. The molecular weight excluding hydrogens is 324 g/mol. The van der Waals surface area contributed by atoms with Gasteiger partial charge in [0.15, 0.2) is 0 Å². The number of nitrogens with zero attached hydrogens (tertiary/aromatic N) is 2. The Bertz CT molecular complexity index is 614. The summed E-state index contributed by atoms with van der Waals surface area (Å²) in [5, 5.41) is 9.01. The van der Waals surface area contributed by atoms with Gasteiger partial charge in [0, 0.05) is 29.8 Å². The van der Waals surface area contributed by atoms with Crippen LogP contribution >= 0.6 is 11.8 Å². The quantitative estimate of drug-likeness (QED) is 0.884. The average Bonchev–Trinajstić information content (AvgIpc) is 3.03. The Labute approximate surface area is 147 Å². The molecule has 1 N–H and O–H groups in total. The zero-order valence-corrected chi connectivity index (χ0v) is 14.8. The summed E-state index contributed by atoms with van der Waals surface area (Å²) in [4.78, 5) is 29.1. The van der Waals surface area contributed by atoms with Crippen LogP contribution in [0, 0.1) is 0 Å². The Kier molecular flexibility index (Phi) is 5.46. The third-order valence-electron chi connectivity index (χ3n) is 5.04. The van der Waals surface area contributed by atoms with E-state index in [1.807, 2.05) is 28.9 Å². The van der Waals surface area contributed by atoms with Gasteiger partial charge < -0.3 is 10.0 Å². The van der Waals surface area contributed by atoms with Crippen molar-refractivity contribution in [3.63, 3.8) is 0 Å². The van der Waals surface area contributed by atoms with Crippen LogP contribution in [-0.4, -0.2) is 64.8 Å². The molecule has 5 nitrogen and oxygen atoms in total. The second kappa shape index (κ2) is 7.57. The second-order valence-electron chi connectivity index (χ2n) is 6.41. The molecule has 0 spiro atoms. The lowest BCUT2D eigenvalue weighted by Crippen LogP contribution is -2.49. The molecule has 1 aromatic rings. The molecule has 2 heterocycles. The smallest absolute Gasteiger partial charge is 0.317 e. The first kappa shape index (κ1) is 17.3. The Morgan fingerprint density at radius 2 is 2.00 bits per heavy atom. The van der Waals surface area contributed by atoms with Crippen molar-refractivity contribution in [1.82, 2.24) is 9.80 Å². The van der Waals surface area contributed by atoms with Crippen molar-refractivity contribution in [3.05, 3.63) is 29.8 Å². The number of rotatable bonds is 5. The monoisotopic (exact) mass is 348 g/mol. The molecule has 1 aromatic carbocycles. The van der Waals surface area contributed by atoms with Gasteiger partial charge in [-0.3, -0.25) is 14.5 Å². The highest BCUT2D eigenvalue weighted by atomic mass is 32.2. The SMILES string of the molecule is CCN(CC(=O)O)C1CCN(C(=O)C2CSc3ccccc32)CC1. The van der Waals surface area contributed by atoms with Crippen LogP contribution in [0.15, 0.2) is 29.2 Å². The molecule has 1 saturated heterocycles. The zero-order valence-electron chi connectivity index (χ0n) is 14.0. The van der Waals surface area contributed by atoms with Crippen LogP contribution in [0.1, 0.15) is 31.2 Å². The Hall–Kier alpha value is -1.53. The number of hydrogen-bond acceptors (Lipinski definition) is 4. The summed E-state index contributed by atoms with van der Waals surface area (Å²) in [6, 6.07) is 8.44. The first-order valence-corrected chi connectivity index (χ1v) is 9.55. The van der Waals surface area contributed by atoms with Gasteiger partial charge in [-0.05, 0) is 31.0 Å². The van der Waals surface area contributed by atoms with Gasteiger partial charge in [-0.15, -0.1) is 11.8 Å².